The van der Waals surface area contributed by atoms with Gasteiger partial charge in [0.05, 0.1) is 16.7 Å². The highest BCUT2D eigenvalue weighted by Gasteiger charge is 2.43. The van der Waals surface area contributed by atoms with Crippen molar-refractivity contribution in [1.29, 1.82) is 0 Å². The number of rotatable bonds is 9. The van der Waals surface area contributed by atoms with Crippen molar-refractivity contribution >= 4 is 79.0 Å². The number of benzene rings is 12. The van der Waals surface area contributed by atoms with Gasteiger partial charge in [-0.05, 0) is 148 Å². The van der Waals surface area contributed by atoms with E-state index in [4.69, 9.17) is 15.0 Å². The fraction of sp³-hybridized carbons (Fsp3) is 0.0132. The molecule has 7 heteroatoms. The Hall–Kier alpha value is -10.9. The summed E-state index contributed by atoms with van der Waals surface area (Å²) in [5.74, 6) is 1.83. The molecule has 0 saturated carbocycles. The van der Waals surface area contributed by atoms with Gasteiger partial charge in [-0.2, -0.15) is 0 Å². The minimum Gasteiger partial charge on any atom is -0.311 e. The summed E-state index contributed by atoms with van der Waals surface area (Å²) in [6, 6.07) is 105. The number of nitrogens with zero attached hydrogens (tertiary/aromatic N) is 6. The lowest BCUT2D eigenvalue weighted by Crippen LogP contribution is -2.61. The van der Waals surface area contributed by atoms with E-state index in [2.05, 4.69) is 276 Å². The van der Waals surface area contributed by atoms with Crippen LogP contribution in [0.25, 0.3) is 95.0 Å². The van der Waals surface area contributed by atoms with E-state index in [0.717, 1.165) is 78.4 Å². The highest BCUT2D eigenvalue weighted by molar-refractivity contribution is 7.00. The second-order valence-corrected chi connectivity index (χ2v) is 21.6. The number of aromatic nitrogens is 4. The highest BCUT2D eigenvalue weighted by Crippen LogP contribution is 2.47. The van der Waals surface area contributed by atoms with Crippen LogP contribution >= 0.6 is 0 Å². The van der Waals surface area contributed by atoms with E-state index in [-0.39, 0.29) is 6.71 Å². The molecular weight excluding hydrogens is 1010 g/mol. The highest BCUT2D eigenvalue weighted by atomic mass is 15.2. The Morgan fingerprint density at radius 2 is 0.771 bits per heavy atom. The molecule has 2 aliphatic rings. The summed E-state index contributed by atoms with van der Waals surface area (Å²) in [7, 11) is 0. The summed E-state index contributed by atoms with van der Waals surface area (Å²) in [6.45, 7) is 2.20. The molecule has 12 aromatic carbocycles. The zero-order valence-electron chi connectivity index (χ0n) is 45.5. The van der Waals surface area contributed by atoms with Crippen molar-refractivity contribution in [1.82, 2.24) is 19.5 Å². The molecule has 0 spiro atoms. The molecule has 388 valence electrons. The van der Waals surface area contributed by atoms with Gasteiger partial charge in [-0.15, -0.1) is 0 Å². The first-order chi connectivity index (χ1) is 41.1. The molecule has 0 N–H and O–H groups in total. The smallest absolute Gasteiger partial charge is 0.252 e. The van der Waals surface area contributed by atoms with Gasteiger partial charge < -0.3 is 14.4 Å². The number of anilines is 6. The number of para-hydroxylation sites is 5. The minimum atomic E-state index is 0.0113. The first-order valence-corrected chi connectivity index (χ1v) is 28.4. The molecule has 0 fully saturated rings. The number of fused-ring (bicyclic) bond motifs is 7. The van der Waals surface area contributed by atoms with Gasteiger partial charge in [-0.25, -0.2) is 15.0 Å². The average molecular weight is 1060 g/mol. The molecule has 0 aliphatic carbocycles. The zero-order chi connectivity index (χ0) is 55.0. The van der Waals surface area contributed by atoms with Gasteiger partial charge >= 0.3 is 0 Å². The molecule has 6 nitrogen and oxygen atoms in total. The van der Waals surface area contributed by atoms with Crippen molar-refractivity contribution in [3.63, 3.8) is 0 Å². The van der Waals surface area contributed by atoms with Crippen LogP contribution < -0.4 is 26.2 Å². The molecule has 0 atom stereocenters. The molecule has 0 saturated heterocycles. The third kappa shape index (κ3) is 8.07. The van der Waals surface area contributed by atoms with Gasteiger partial charge in [-0.1, -0.05) is 200 Å². The Bertz CT molecular complexity index is 4660. The van der Waals surface area contributed by atoms with Crippen molar-refractivity contribution in [3.05, 3.63) is 297 Å². The van der Waals surface area contributed by atoms with Gasteiger partial charge in [-0.3, -0.25) is 0 Å². The van der Waals surface area contributed by atoms with Gasteiger partial charge in [0.2, 0.25) is 0 Å². The van der Waals surface area contributed by atoms with E-state index in [9.17, 15) is 0 Å². The number of hydrogen-bond acceptors (Lipinski definition) is 5. The Labute approximate surface area is 482 Å². The van der Waals surface area contributed by atoms with Crippen LogP contribution in [0.2, 0.25) is 0 Å². The largest absolute Gasteiger partial charge is 0.311 e. The van der Waals surface area contributed by atoms with Crippen LogP contribution in [0, 0.1) is 6.92 Å². The van der Waals surface area contributed by atoms with Crippen LogP contribution in [0.1, 0.15) is 5.56 Å². The Morgan fingerprint density at radius 3 is 1.40 bits per heavy atom. The summed E-state index contributed by atoms with van der Waals surface area (Å²) < 4.78 is 2.45. The number of aryl methyl sites for hydroxylation is 1. The van der Waals surface area contributed by atoms with Gasteiger partial charge in [0.25, 0.3) is 6.71 Å². The predicted molar refractivity (Wildman–Crippen MR) is 346 cm³/mol. The van der Waals surface area contributed by atoms with Crippen LogP contribution in [0.5, 0.6) is 0 Å². The standard InChI is InChI=1S/C76H51BN6/c1-50-23-14-15-34-60(50)55-41-43-68-63(46-55)61-35-16-19-38-66(61)83(68)67-44-42-56(76-79-74(51-24-6-2-7-25-51)78-75(80-76)52-26-8-3-9-27-52)47-62(67)54-29-22-28-53(45-54)57-48-71-73-72(49-57)82(59-32-12-5-13-33-59)70-40-21-18-37-65(70)77(73)64-36-17-20-39-69(64)81(71)58-30-10-4-11-31-58/h2-49H,1H3. The van der Waals surface area contributed by atoms with Crippen molar-refractivity contribution in [2.75, 3.05) is 9.80 Å². The Balaban J connectivity index is 0.943. The topological polar surface area (TPSA) is 50.1 Å². The lowest BCUT2D eigenvalue weighted by Gasteiger charge is -2.44. The molecular formula is C76H51BN6. The third-order valence-electron chi connectivity index (χ3n) is 16.7. The predicted octanol–water partition coefficient (Wildman–Crippen LogP) is 17.4. The average Bonchev–Trinajstić information content (AvgIpc) is 1.36. The van der Waals surface area contributed by atoms with Crippen LogP contribution in [-0.4, -0.2) is 26.2 Å². The van der Waals surface area contributed by atoms with Crippen molar-refractivity contribution in [2.45, 2.75) is 6.92 Å². The summed E-state index contributed by atoms with van der Waals surface area (Å²) in [5, 5.41) is 2.38. The third-order valence-corrected chi connectivity index (χ3v) is 16.7. The van der Waals surface area contributed by atoms with Crippen molar-refractivity contribution < 1.29 is 0 Å². The van der Waals surface area contributed by atoms with Crippen LogP contribution in [-0.2, 0) is 0 Å². The van der Waals surface area contributed by atoms with Crippen LogP contribution in [0.4, 0.5) is 34.1 Å². The van der Waals surface area contributed by atoms with Gasteiger partial charge in [0.1, 0.15) is 0 Å². The van der Waals surface area contributed by atoms with E-state index < -0.39 is 0 Å². The quantitative estimate of drug-likeness (QED) is 0.135. The van der Waals surface area contributed by atoms with Crippen LogP contribution in [0.15, 0.2) is 291 Å². The van der Waals surface area contributed by atoms with E-state index >= 15 is 0 Å². The molecule has 0 unspecified atom stereocenters. The Morgan fingerprint density at radius 1 is 0.289 bits per heavy atom. The van der Waals surface area contributed by atoms with E-state index in [0.29, 0.717) is 17.5 Å². The summed E-state index contributed by atoms with van der Waals surface area (Å²) in [6.07, 6.45) is 0. The lowest BCUT2D eigenvalue weighted by molar-refractivity contribution is 1.07. The number of hydrogen-bond donors (Lipinski definition) is 0. The molecule has 2 aliphatic heterocycles. The van der Waals surface area contributed by atoms with E-state index in [1.165, 1.54) is 55.2 Å². The molecule has 4 heterocycles. The SMILES string of the molecule is Cc1ccccc1-c1ccc2c(c1)c1ccccc1n2-c1ccc(-c2nc(-c3ccccc3)nc(-c3ccccc3)n2)cc1-c1cccc(-c2cc3c4c(c2)N(c2ccccc2)c2ccccc2B4c2ccccc2N3c2ccccc2)c1. The van der Waals surface area contributed by atoms with E-state index in [1.807, 2.05) is 36.4 Å². The maximum atomic E-state index is 5.27. The molecule has 16 rings (SSSR count). The van der Waals surface area contributed by atoms with Crippen molar-refractivity contribution in [3.8, 4) is 73.2 Å². The fourth-order valence-electron chi connectivity index (χ4n) is 13.0. The first-order valence-electron chi connectivity index (χ1n) is 28.4. The Kier molecular flexibility index (Phi) is 11.4. The minimum absolute atomic E-state index is 0.0113. The van der Waals surface area contributed by atoms with E-state index in [1.54, 1.807) is 0 Å². The summed E-state index contributed by atoms with van der Waals surface area (Å²) in [4.78, 5) is 20.6. The van der Waals surface area contributed by atoms with Gasteiger partial charge in [0.15, 0.2) is 17.5 Å². The second-order valence-electron chi connectivity index (χ2n) is 21.6. The fourth-order valence-corrected chi connectivity index (χ4v) is 13.0. The maximum absolute atomic E-state index is 5.27. The molecule has 83 heavy (non-hydrogen) atoms. The molecule has 0 bridgehead atoms. The monoisotopic (exact) mass is 1060 g/mol. The normalized spacial score (nSPS) is 12.3. The van der Waals surface area contributed by atoms with Crippen molar-refractivity contribution in [2.24, 2.45) is 0 Å². The van der Waals surface area contributed by atoms with Crippen LogP contribution in [0.3, 0.4) is 0 Å². The second kappa shape index (κ2) is 19.7. The zero-order valence-corrected chi connectivity index (χ0v) is 45.5. The molecule has 14 aromatic rings. The molecule has 2 aromatic heterocycles. The summed E-state index contributed by atoms with van der Waals surface area (Å²) >= 11 is 0. The molecule has 0 amide bonds. The first kappa shape index (κ1) is 48.1. The van der Waals surface area contributed by atoms with Gasteiger partial charge in [0, 0.05) is 67.2 Å². The summed E-state index contributed by atoms with van der Waals surface area (Å²) in [5.41, 5.74) is 24.7. The lowest BCUT2D eigenvalue weighted by atomic mass is 9.33. The maximum Gasteiger partial charge on any atom is 0.252 e. The molecule has 0 radical (unpaired) electrons.